The lowest BCUT2D eigenvalue weighted by molar-refractivity contribution is 0.227. The second-order valence-electron chi connectivity index (χ2n) is 7.79. The number of hydrogen-bond donors (Lipinski definition) is 0. The Morgan fingerprint density at radius 2 is 2.03 bits per heavy atom. The van der Waals surface area contributed by atoms with Gasteiger partial charge in [0.2, 0.25) is 0 Å². The van der Waals surface area contributed by atoms with Gasteiger partial charge in [-0.1, -0.05) is 36.4 Å². The molecule has 1 unspecified atom stereocenters. The summed E-state index contributed by atoms with van der Waals surface area (Å²) >= 11 is 0. The molecule has 1 aliphatic heterocycles. The molecule has 1 aromatic heterocycles. The smallest absolute Gasteiger partial charge is 0.151 e. The summed E-state index contributed by atoms with van der Waals surface area (Å²) < 4.78 is 31.4. The molecular weight excluding hydrogens is 410 g/mol. The largest absolute Gasteiger partial charge is 0.497 e. The highest BCUT2D eigenvalue weighted by atomic mass is 32.2. The fourth-order valence-corrected chi connectivity index (χ4v) is 5.80. The predicted octanol–water partition coefficient (Wildman–Crippen LogP) is 3.72. The molecule has 6 nitrogen and oxygen atoms in total. The van der Waals surface area contributed by atoms with E-state index in [0.717, 1.165) is 28.3 Å². The average molecular weight is 438 g/mol. The first-order valence-corrected chi connectivity index (χ1v) is 12.1. The molecule has 4 rings (SSSR count). The zero-order valence-corrected chi connectivity index (χ0v) is 18.5. The molecule has 0 spiro atoms. The summed E-state index contributed by atoms with van der Waals surface area (Å²) in [7, 11) is -1.33. The fourth-order valence-electron chi connectivity index (χ4n) is 4.04. The molecule has 0 saturated carbocycles. The van der Waals surface area contributed by atoms with Crippen molar-refractivity contribution in [2.75, 3.05) is 25.2 Å². The number of nitrogens with zero attached hydrogens (tertiary/aromatic N) is 3. The van der Waals surface area contributed by atoms with Crippen LogP contribution in [0.1, 0.15) is 12.0 Å². The van der Waals surface area contributed by atoms with Crippen LogP contribution in [-0.2, 0) is 16.4 Å². The number of ether oxygens (including phenoxy) is 1. The SMILES string of the molecule is C=CCN(Cc1cn(-c2ccccc2)nc1-c1cccc(OC)c1)C1CCS(=O)(=O)C1. The van der Waals surface area contributed by atoms with Gasteiger partial charge in [0.25, 0.3) is 0 Å². The van der Waals surface area contributed by atoms with E-state index in [-0.39, 0.29) is 17.5 Å². The van der Waals surface area contributed by atoms with Gasteiger partial charge in [-0.3, -0.25) is 4.90 Å². The highest BCUT2D eigenvalue weighted by molar-refractivity contribution is 7.91. The summed E-state index contributed by atoms with van der Waals surface area (Å²) in [6.45, 7) is 5.09. The normalized spacial score (nSPS) is 17.7. The minimum Gasteiger partial charge on any atom is -0.497 e. The first kappa shape index (κ1) is 21.3. The molecule has 7 heteroatoms. The number of sulfone groups is 1. The molecule has 0 radical (unpaired) electrons. The van der Waals surface area contributed by atoms with Crippen LogP contribution in [0.5, 0.6) is 5.75 Å². The molecule has 162 valence electrons. The fraction of sp³-hybridized carbons (Fsp3) is 0.292. The lowest BCUT2D eigenvalue weighted by Gasteiger charge is -2.26. The van der Waals surface area contributed by atoms with E-state index in [2.05, 4.69) is 11.5 Å². The molecule has 2 heterocycles. The Bertz CT molecular complexity index is 1160. The van der Waals surface area contributed by atoms with Gasteiger partial charge in [-0.2, -0.15) is 5.10 Å². The lowest BCUT2D eigenvalue weighted by atomic mass is 10.1. The van der Waals surface area contributed by atoms with Crippen LogP contribution in [0, 0.1) is 0 Å². The van der Waals surface area contributed by atoms with E-state index >= 15 is 0 Å². The third kappa shape index (κ3) is 4.89. The molecular formula is C24H27N3O3S. The average Bonchev–Trinajstić information content (AvgIpc) is 3.37. The monoisotopic (exact) mass is 437 g/mol. The first-order chi connectivity index (χ1) is 15.0. The van der Waals surface area contributed by atoms with Gasteiger partial charge in [-0.05, 0) is 30.7 Å². The van der Waals surface area contributed by atoms with Gasteiger partial charge in [-0.25, -0.2) is 13.1 Å². The van der Waals surface area contributed by atoms with Crippen molar-refractivity contribution in [2.24, 2.45) is 0 Å². The summed E-state index contributed by atoms with van der Waals surface area (Å²) in [5.74, 6) is 1.21. The molecule has 2 aromatic carbocycles. The predicted molar refractivity (Wildman–Crippen MR) is 123 cm³/mol. The van der Waals surface area contributed by atoms with Gasteiger partial charge in [0.05, 0.1) is 30.0 Å². The van der Waals surface area contributed by atoms with E-state index in [1.165, 1.54) is 0 Å². The number of benzene rings is 2. The van der Waals surface area contributed by atoms with Crippen molar-refractivity contribution in [3.8, 4) is 22.7 Å². The topological polar surface area (TPSA) is 64.4 Å². The van der Waals surface area contributed by atoms with E-state index < -0.39 is 9.84 Å². The Labute approximate surface area is 183 Å². The van der Waals surface area contributed by atoms with Gasteiger partial charge < -0.3 is 4.74 Å². The standard InChI is InChI=1S/C24H27N3O3S/c1-3-13-26(22-12-14-31(28,29)18-22)16-20-17-27(21-9-5-4-6-10-21)25-24(20)19-8-7-11-23(15-19)30-2/h3-11,15,17,22H,1,12-14,16,18H2,2H3. The molecule has 1 aliphatic rings. The highest BCUT2D eigenvalue weighted by Crippen LogP contribution is 2.29. The molecule has 0 aliphatic carbocycles. The van der Waals surface area contributed by atoms with Crippen molar-refractivity contribution >= 4 is 9.84 Å². The maximum absolute atomic E-state index is 12.1. The van der Waals surface area contributed by atoms with Crippen LogP contribution < -0.4 is 4.74 Å². The molecule has 1 saturated heterocycles. The van der Waals surface area contributed by atoms with Crippen LogP contribution in [0.15, 0.2) is 73.4 Å². The summed E-state index contributed by atoms with van der Waals surface area (Å²) in [5, 5.41) is 4.88. The number of para-hydroxylation sites is 1. The van der Waals surface area contributed by atoms with Gasteiger partial charge in [0.15, 0.2) is 9.84 Å². The lowest BCUT2D eigenvalue weighted by Crippen LogP contribution is -2.35. The molecule has 0 N–H and O–H groups in total. The van der Waals surface area contributed by atoms with Gasteiger partial charge in [0.1, 0.15) is 5.75 Å². The number of methoxy groups -OCH3 is 1. The summed E-state index contributed by atoms with van der Waals surface area (Å²) in [6.07, 6.45) is 4.51. The molecule has 0 bridgehead atoms. The van der Waals surface area contributed by atoms with E-state index in [0.29, 0.717) is 19.5 Å². The minimum absolute atomic E-state index is 0.0127. The molecule has 1 fully saturated rings. The Balaban J connectivity index is 1.73. The zero-order valence-electron chi connectivity index (χ0n) is 17.6. The Morgan fingerprint density at radius 1 is 1.23 bits per heavy atom. The van der Waals surface area contributed by atoms with Crippen LogP contribution in [-0.4, -0.2) is 54.3 Å². The van der Waals surface area contributed by atoms with Crippen LogP contribution >= 0.6 is 0 Å². The third-order valence-electron chi connectivity index (χ3n) is 5.62. The van der Waals surface area contributed by atoms with Gasteiger partial charge >= 0.3 is 0 Å². The van der Waals surface area contributed by atoms with E-state index in [9.17, 15) is 8.42 Å². The van der Waals surface area contributed by atoms with Gasteiger partial charge in [0, 0.05) is 36.5 Å². The first-order valence-electron chi connectivity index (χ1n) is 10.3. The molecule has 1 atom stereocenters. The van der Waals surface area contributed by atoms with Crippen molar-refractivity contribution in [1.82, 2.24) is 14.7 Å². The van der Waals surface area contributed by atoms with Gasteiger partial charge in [-0.15, -0.1) is 6.58 Å². The quantitative estimate of drug-likeness (QED) is 0.503. The second kappa shape index (κ2) is 9.08. The van der Waals surface area contributed by atoms with Crippen LogP contribution in [0.3, 0.4) is 0 Å². The van der Waals surface area contributed by atoms with E-state index in [4.69, 9.17) is 9.84 Å². The summed E-state index contributed by atoms with van der Waals surface area (Å²) in [4.78, 5) is 2.19. The Kier molecular flexibility index (Phi) is 6.25. The van der Waals surface area contributed by atoms with Crippen LogP contribution in [0.2, 0.25) is 0 Å². The highest BCUT2D eigenvalue weighted by Gasteiger charge is 2.32. The van der Waals surface area contributed by atoms with Crippen molar-refractivity contribution in [1.29, 1.82) is 0 Å². The van der Waals surface area contributed by atoms with E-state index in [1.807, 2.05) is 71.6 Å². The molecule has 0 amide bonds. The van der Waals surface area contributed by atoms with Crippen LogP contribution in [0.4, 0.5) is 0 Å². The van der Waals surface area contributed by atoms with Crippen molar-refractivity contribution < 1.29 is 13.2 Å². The minimum atomic E-state index is -2.97. The summed E-state index contributed by atoms with van der Waals surface area (Å²) in [6, 6.07) is 17.8. The van der Waals surface area contributed by atoms with Crippen molar-refractivity contribution in [3.05, 3.63) is 79.0 Å². The van der Waals surface area contributed by atoms with Crippen molar-refractivity contribution in [3.63, 3.8) is 0 Å². The molecule has 31 heavy (non-hydrogen) atoms. The summed E-state index contributed by atoms with van der Waals surface area (Å²) in [5.41, 5.74) is 3.82. The number of rotatable bonds is 8. The maximum atomic E-state index is 12.1. The maximum Gasteiger partial charge on any atom is 0.151 e. The zero-order chi connectivity index (χ0) is 21.8. The second-order valence-corrected chi connectivity index (χ2v) is 10.0. The Hall–Kier alpha value is -2.90. The Morgan fingerprint density at radius 3 is 2.71 bits per heavy atom. The van der Waals surface area contributed by atoms with Crippen LogP contribution in [0.25, 0.3) is 16.9 Å². The third-order valence-corrected chi connectivity index (χ3v) is 7.37. The molecule has 3 aromatic rings. The van der Waals surface area contributed by atoms with Crippen molar-refractivity contribution in [2.45, 2.75) is 19.0 Å². The van der Waals surface area contributed by atoms with E-state index in [1.54, 1.807) is 7.11 Å². The number of aromatic nitrogens is 2. The number of hydrogen-bond acceptors (Lipinski definition) is 5.